The number of thiophene rings is 1. The first-order chi connectivity index (χ1) is 12.1. The van der Waals surface area contributed by atoms with Gasteiger partial charge in [0.2, 0.25) is 0 Å². The molecule has 1 amide bonds. The van der Waals surface area contributed by atoms with Crippen LogP contribution >= 0.6 is 35.3 Å². The van der Waals surface area contributed by atoms with Crippen LogP contribution in [0.4, 0.5) is 0 Å². The van der Waals surface area contributed by atoms with Gasteiger partial charge in [-0.15, -0.1) is 23.7 Å². The van der Waals surface area contributed by atoms with Crippen molar-refractivity contribution in [2.45, 2.75) is 25.8 Å². The predicted molar refractivity (Wildman–Crippen MR) is 109 cm³/mol. The highest BCUT2D eigenvalue weighted by Gasteiger charge is 2.20. The Hall–Kier alpha value is -1.60. The molecule has 1 saturated heterocycles. The van der Waals surface area contributed by atoms with Gasteiger partial charge in [-0.25, -0.2) is 4.68 Å². The molecule has 4 rings (SSSR count). The maximum atomic E-state index is 12.6. The average Bonchev–Trinajstić information content (AvgIpc) is 3.17. The summed E-state index contributed by atoms with van der Waals surface area (Å²) in [5.41, 5.74) is 1.81. The Bertz CT molecular complexity index is 931. The molecule has 0 aliphatic carbocycles. The predicted octanol–water partition coefficient (Wildman–Crippen LogP) is 3.95. The van der Waals surface area contributed by atoms with Crippen molar-refractivity contribution >= 4 is 51.5 Å². The summed E-state index contributed by atoms with van der Waals surface area (Å²) in [6.07, 6.45) is 2.12. The number of halogens is 2. The monoisotopic (exact) mass is 410 g/mol. The molecule has 0 unspecified atom stereocenters. The lowest BCUT2D eigenvalue weighted by Gasteiger charge is -2.23. The number of hydrogen-bond donors (Lipinski definition) is 2. The fraction of sp³-hybridized carbons (Fsp3) is 0.333. The van der Waals surface area contributed by atoms with Crippen LogP contribution in [0.15, 0.2) is 30.3 Å². The molecule has 2 N–H and O–H groups in total. The molecular weight excluding hydrogens is 391 g/mol. The van der Waals surface area contributed by atoms with E-state index in [1.54, 1.807) is 0 Å². The number of piperidine rings is 1. The molecule has 0 saturated carbocycles. The van der Waals surface area contributed by atoms with E-state index in [1.165, 1.54) is 11.3 Å². The zero-order valence-electron chi connectivity index (χ0n) is 14.3. The van der Waals surface area contributed by atoms with E-state index in [4.69, 9.17) is 11.6 Å². The van der Waals surface area contributed by atoms with Crippen LogP contribution in [0.25, 0.3) is 15.9 Å². The van der Waals surface area contributed by atoms with Crippen LogP contribution < -0.4 is 10.6 Å². The Balaban J connectivity index is 0.00000196. The molecule has 8 heteroatoms. The van der Waals surface area contributed by atoms with Gasteiger partial charge in [0.15, 0.2) is 0 Å². The summed E-state index contributed by atoms with van der Waals surface area (Å²) in [7, 11) is 0. The van der Waals surface area contributed by atoms with Gasteiger partial charge in [0.1, 0.15) is 4.83 Å². The Labute approximate surface area is 167 Å². The Kier molecular flexibility index (Phi) is 5.87. The highest BCUT2D eigenvalue weighted by atomic mass is 35.5. The van der Waals surface area contributed by atoms with Crippen molar-refractivity contribution < 1.29 is 4.79 Å². The fourth-order valence-corrected chi connectivity index (χ4v) is 4.44. The van der Waals surface area contributed by atoms with Crippen LogP contribution in [0, 0.1) is 6.92 Å². The number of amides is 1. The lowest BCUT2D eigenvalue weighted by molar-refractivity contribution is 0.0935. The third-order valence-corrected chi connectivity index (χ3v) is 5.80. The number of aryl methyl sites for hydroxylation is 1. The minimum atomic E-state index is -0.00746. The van der Waals surface area contributed by atoms with E-state index >= 15 is 0 Å². The maximum absolute atomic E-state index is 12.6. The lowest BCUT2D eigenvalue weighted by atomic mass is 10.1. The van der Waals surface area contributed by atoms with Crippen LogP contribution in [-0.2, 0) is 0 Å². The van der Waals surface area contributed by atoms with Crippen molar-refractivity contribution in [1.82, 2.24) is 20.4 Å². The minimum Gasteiger partial charge on any atom is -0.347 e. The Morgan fingerprint density at radius 2 is 2.27 bits per heavy atom. The molecule has 5 nitrogen and oxygen atoms in total. The normalized spacial score (nSPS) is 17.1. The number of hydrogen-bond acceptors (Lipinski definition) is 4. The maximum Gasteiger partial charge on any atom is 0.261 e. The van der Waals surface area contributed by atoms with Gasteiger partial charge in [0.05, 0.1) is 16.3 Å². The van der Waals surface area contributed by atoms with Crippen molar-refractivity contribution in [1.29, 1.82) is 0 Å². The molecule has 3 heterocycles. The Morgan fingerprint density at radius 1 is 1.42 bits per heavy atom. The molecule has 2 aromatic heterocycles. The molecule has 26 heavy (non-hydrogen) atoms. The number of benzene rings is 1. The standard InChI is InChI=1S/C18H19ClN4OS.ClH/c1-11-15-9-16(17(24)21-13-5-3-7-20-10-13)25-18(15)23(22-11)14-6-2-4-12(19)8-14;/h2,4,6,8-9,13,20H,3,5,7,10H2,1H3,(H,21,24);1H/t13-;/m0./s1. The van der Waals surface area contributed by atoms with Crippen LogP contribution in [0.3, 0.4) is 0 Å². The summed E-state index contributed by atoms with van der Waals surface area (Å²) in [5, 5.41) is 12.7. The quantitative estimate of drug-likeness (QED) is 0.686. The van der Waals surface area contributed by atoms with Gasteiger partial charge in [-0.2, -0.15) is 5.10 Å². The van der Waals surface area contributed by atoms with Gasteiger partial charge in [0, 0.05) is 23.0 Å². The van der Waals surface area contributed by atoms with Crippen molar-refractivity contribution in [3.8, 4) is 5.69 Å². The zero-order chi connectivity index (χ0) is 17.4. The van der Waals surface area contributed by atoms with Crippen LogP contribution in [0.5, 0.6) is 0 Å². The van der Waals surface area contributed by atoms with E-state index in [9.17, 15) is 4.79 Å². The first-order valence-corrected chi connectivity index (χ1v) is 9.58. The van der Waals surface area contributed by atoms with Gasteiger partial charge in [-0.1, -0.05) is 17.7 Å². The smallest absolute Gasteiger partial charge is 0.261 e. The number of fused-ring (bicyclic) bond motifs is 1. The highest BCUT2D eigenvalue weighted by Crippen LogP contribution is 2.31. The van der Waals surface area contributed by atoms with Crippen molar-refractivity contribution in [2.24, 2.45) is 0 Å². The first kappa shape index (κ1) is 19.2. The second-order valence-corrected chi connectivity index (χ2v) is 7.79. The molecule has 0 bridgehead atoms. The first-order valence-electron chi connectivity index (χ1n) is 8.38. The van der Waals surface area contributed by atoms with Crippen molar-refractivity contribution in [3.63, 3.8) is 0 Å². The number of nitrogens with zero attached hydrogens (tertiary/aromatic N) is 2. The van der Waals surface area contributed by atoms with E-state index in [0.717, 1.165) is 52.4 Å². The van der Waals surface area contributed by atoms with Crippen molar-refractivity contribution in [3.05, 3.63) is 45.9 Å². The van der Waals surface area contributed by atoms with Crippen LogP contribution in [0.1, 0.15) is 28.2 Å². The van der Waals surface area contributed by atoms with Crippen LogP contribution in [-0.4, -0.2) is 34.8 Å². The van der Waals surface area contributed by atoms with E-state index < -0.39 is 0 Å². The number of rotatable bonds is 3. The third-order valence-electron chi connectivity index (χ3n) is 4.45. The van der Waals surface area contributed by atoms with Gasteiger partial charge in [-0.05, 0) is 50.6 Å². The molecule has 1 fully saturated rings. The van der Waals surface area contributed by atoms with E-state index in [1.807, 2.05) is 41.9 Å². The number of carbonyl (C=O) groups is 1. The lowest BCUT2D eigenvalue weighted by Crippen LogP contribution is -2.45. The molecule has 138 valence electrons. The van der Waals surface area contributed by atoms with Crippen molar-refractivity contribution in [2.75, 3.05) is 13.1 Å². The molecule has 1 atom stereocenters. The highest BCUT2D eigenvalue weighted by molar-refractivity contribution is 7.20. The summed E-state index contributed by atoms with van der Waals surface area (Å²) in [5.74, 6) is -0.00746. The molecule has 1 aromatic carbocycles. The second kappa shape index (κ2) is 7.96. The molecule has 0 spiro atoms. The molecule has 1 aliphatic heterocycles. The summed E-state index contributed by atoms with van der Waals surface area (Å²) in [4.78, 5) is 14.3. The van der Waals surface area contributed by atoms with Gasteiger partial charge in [0.25, 0.3) is 5.91 Å². The van der Waals surface area contributed by atoms with E-state index in [0.29, 0.717) is 5.02 Å². The number of nitrogens with one attached hydrogen (secondary N) is 2. The summed E-state index contributed by atoms with van der Waals surface area (Å²) >= 11 is 7.58. The van der Waals surface area contributed by atoms with Gasteiger partial charge >= 0.3 is 0 Å². The zero-order valence-corrected chi connectivity index (χ0v) is 16.7. The number of aromatic nitrogens is 2. The summed E-state index contributed by atoms with van der Waals surface area (Å²) in [6.45, 7) is 3.83. The SMILES string of the molecule is Cc1nn(-c2cccc(Cl)c2)c2sc(C(=O)N[C@H]3CCCNC3)cc12.Cl. The largest absolute Gasteiger partial charge is 0.347 e. The molecule has 1 aliphatic rings. The fourth-order valence-electron chi connectivity index (χ4n) is 3.17. The van der Waals surface area contributed by atoms with Crippen LogP contribution in [0.2, 0.25) is 5.02 Å². The molecule has 0 radical (unpaired) electrons. The second-order valence-electron chi connectivity index (χ2n) is 6.32. The minimum absolute atomic E-state index is 0. The molecule has 3 aromatic rings. The summed E-state index contributed by atoms with van der Waals surface area (Å²) in [6, 6.07) is 9.72. The summed E-state index contributed by atoms with van der Waals surface area (Å²) < 4.78 is 1.86. The van der Waals surface area contributed by atoms with Gasteiger partial charge < -0.3 is 10.6 Å². The number of carbonyl (C=O) groups excluding carboxylic acids is 1. The topological polar surface area (TPSA) is 59.0 Å². The third kappa shape index (κ3) is 3.74. The average molecular weight is 411 g/mol. The molecular formula is C18H20Cl2N4OS. The van der Waals surface area contributed by atoms with Gasteiger partial charge in [-0.3, -0.25) is 4.79 Å². The van der Waals surface area contributed by atoms with E-state index in [2.05, 4.69) is 15.7 Å². The van der Waals surface area contributed by atoms with E-state index in [-0.39, 0.29) is 24.4 Å². The Morgan fingerprint density at radius 3 is 3.00 bits per heavy atom.